The van der Waals surface area contributed by atoms with Crippen LogP contribution in [0, 0.1) is 11.8 Å². The van der Waals surface area contributed by atoms with E-state index >= 15 is 0 Å². The van der Waals surface area contributed by atoms with Gasteiger partial charge in [0.2, 0.25) is 0 Å². The van der Waals surface area contributed by atoms with Gasteiger partial charge in [-0.3, -0.25) is 0 Å². The molecule has 0 aromatic rings. The fourth-order valence-electron chi connectivity index (χ4n) is 13.8. The normalized spacial score (nSPS) is 38.4. The van der Waals surface area contributed by atoms with Crippen LogP contribution in [0.4, 0.5) is 0 Å². The summed E-state index contributed by atoms with van der Waals surface area (Å²) < 4.78 is 75.4. The van der Waals surface area contributed by atoms with Crippen LogP contribution in [0.1, 0.15) is 133 Å². The largest absolute Gasteiger partial charge is 0.414 e. The average molecular weight is 1020 g/mol. The van der Waals surface area contributed by atoms with Crippen LogP contribution in [0.15, 0.2) is 24.3 Å². The Balaban J connectivity index is 0.948. The molecule has 17 atom stereocenters. The van der Waals surface area contributed by atoms with Crippen LogP contribution in [0.3, 0.4) is 0 Å². The Morgan fingerprint density at radius 3 is 2.00 bits per heavy atom. The molecule has 6 bridgehead atoms. The smallest absolute Gasteiger partial charge is 0.192 e. The van der Waals surface area contributed by atoms with Gasteiger partial charge in [-0.05, 0) is 110 Å². The molecule has 0 spiro atoms. The fourth-order valence-corrected chi connectivity index (χ4v) is 22.1. The summed E-state index contributed by atoms with van der Waals surface area (Å²) in [6.07, 6.45) is 6.58. The van der Waals surface area contributed by atoms with Gasteiger partial charge in [-0.25, -0.2) is 0 Å². The first-order valence-corrected chi connectivity index (χ1v) is 35.9. The van der Waals surface area contributed by atoms with Crippen molar-refractivity contribution in [3.05, 3.63) is 24.3 Å². The Morgan fingerprint density at radius 2 is 1.36 bits per heavy atom. The van der Waals surface area contributed by atoms with Crippen molar-refractivity contribution in [1.82, 2.24) is 0 Å². The van der Waals surface area contributed by atoms with E-state index in [-0.39, 0.29) is 98.0 Å². The summed E-state index contributed by atoms with van der Waals surface area (Å²) in [6, 6.07) is 9.83. The summed E-state index contributed by atoms with van der Waals surface area (Å²) in [5.74, 6) is -0.374. The molecule has 0 saturated carbocycles. The van der Waals surface area contributed by atoms with Crippen LogP contribution < -0.4 is 0 Å². The first kappa shape index (κ1) is 56.4. The highest BCUT2D eigenvalue weighted by Crippen LogP contribution is 2.53. The van der Waals surface area contributed by atoms with Crippen molar-refractivity contribution in [1.29, 1.82) is 0 Å². The average Bonchev–Trinajstić information content (AvgIpc) is 4.05. The molecule has 0 radical (unpaired) electrons. The summed E-state index contributed by atoms with van der Waals surface area (Å²) >= 11 is 0. The lowest BCUT2D eigenvalue weighted by molar-refractivity contribution is -0.265. The van der Waals surface area contributed by atoms with Crippen LogP contribution in [-0.4, -0.2) is 148 Å². The maximum atomic E-state index is 10.4. The summed E-state index contributed by atoms with van der Waals surface area (Å²) in [7, 11) is -3.88. The molecular weight excluding hydrogens is 925 g/mol. The number of methoxy groups -OCH3 is 1. The maximum absolute atomic E-state index is 10.4. The maximum Gasteiger partial charge on any atom is 0.192 e. The fraction of sp³-hybridized carbons (Fsp3) is 0.926. The predicted molar refractivity (Wildman–Crippen MR) is 279 cm³/mol. The van der Waals surface area contributed by atoms with Gasteiger partial charge >= 0.3 is 0 Å². The second-order valence-corrected chi connectivity index (χ2v) is 36.6. The Bertz CT molecular complexity index is 1620. The molecule has 8 saturated heterocycles. The van der Waals surface area contributed by atoms with Gasteiger partial charge in [-0.15, -0.1) is 0 Å². The third kappa shape index (κ3) is 12.2. The van der Waals surface area contributed by atoms with Gasteiger partial charge < -0.3 is 56.3 Å². The molecule has 12 nitrogen and oxygen atoms in total. The van der Waals surface area contributed by atoms with Crippen molar-refractivity contribution >= 4 is 25.0 Å². The van der Waals surface area contributed by atoms with E-state index in [4.69, 9.17) is 51.2 Å². The number of hydrogen-bond donors (Lipinski definition) is 1. The molecular formula is C54H98O12Si3. The highest BCUT2D eigenvalue weighted by Gasteiger charge is 2.67. The molecule has 15 heteroatoms. The van der Waals surface area contributed by atoms with Gasteiger partial charge in [0, 0.05) is 45.3 Å². The number of hydrogen-bond acceptors (Lipinski definition) is 12. The molecule has 8 fully saturated rings. The Hall–Kier alpha value is -0.349. The number of aliphatic hydroxyl groups is 1. The summed E-state index contributed by atoms with van der Waals surface area (Å²) in [5.41, 5.74) is 2.29. The van der Waals surface area contributed by atoms with Crippen LogP contribution in [0.5, 0.6) is 0 Å². The number of aliphatic hydroxyl groups excluding tert-OH is 1. The minimum atomic E-state index is -1.95. The van der Waals surface area contributed by atoms with E-state index in [9.17, 15) is 5.11 Å². The molecule has 0 aromatic carbocycles. The van der Waals surface area contributed by atoms with E-state index in [1.807, 2.05) is 0 Å². The van der Waals surface area contributed by atoms with Crippen molar-refractivity contribution in [2.24, 2.45) is 11.8 Å². The van der Waals surface area contributed by atoms with Crippen molar-refractivity contribution in [2.75, 3.05) is 26.9 Å². The van der Waals surface area contributed by atoms with Crippen LogP contribution in [-0.2, 0) is 51.2 Å². The number of rotatable bonds is 29. The zero-order chi connectivity index (χ0) is 49.7. The molecule has 69 heavy (non-hydrogen) atoms. The van der Waals surface area contributed by atoms with E-state index in [0.29, 0.717) is 38.4 Å². The zero-order valence-corrected chi connectivity index (χ0v) is 48.1. The summed E-state index contributed by atoms with van der Waals surface area (Å²) in [5, 5.41) is 10.4. The lowest BCUT2D eigenvalue weighted by atomic mass is 9.82. The minimum absolute atomic E-state index is 0.0109. The van der Waals surface area contributed by atoms with Crippen molar-refractivity contribution in [3.63, 3.8) is 0 Å². The van der Waals surface area contributed by atoms with E-state index in [0.717, 1.165) is 110 Å². The monoisotopic (exact) mass is 1020 g/mol. The third-order valence-electron chi connectivity index (χ3n) is 19.1. The molecule has 1 N–H and O–H groups in total. The minimum Gasteiger partial charge on any atom is -0.414 e. The molecule has 8 heterocycles. The molecule has 8 aliphatic rings. The predicted octanol–water partition coefficient (Wildman–Crippen LogP) is 11.0. The van der Waals surface area contributed by atoms with E-state index < -0.39 is 30.7 Å². The van der Waals surface area contributed by atoms with E-state index in [1.165, 1.54) is 0 Å². The Morgan fingerprint density at radius 1 is 0.710 bits per heavy atom. The molecule has 0 aromatic heterocycles. The molecule has 12 unspecified atom stereocenters. The van der Waals surface area contributed by atoms with Crippen molar-refractivity contribution < 1.29 is 56.3 Å². The van der Waals surface area contributed by atoms with Crippen LogP contribution in [0.25, 0.3) is 0 Å². The Labute approximate surface area is 421 Å². The van der Waals surface area contributed by atoms with E-state index in [2.05, 4.69) is 82.4 Å². The first-order valence-electron chi connectivity index (χ1n) is 28.3. The molecule has 0 amide bonds. The number of ether oxygens (including phenoxy) is 8. The topological polar surface area (TPSA) is 122 Å². The third-order valence-corrected chi connectivity index (χ3v) is 33.1. The van der Waals surface area contributed by atoms with Gasteiger partial charge in [-0.1, -0.05) is 82.4 Å². The molecule has 398 valence electrons. The van der Waals surface area contributed by atoms with Gasteiger partial charge in [0.1, 0.15) is 24.4 Å². The first-order chi connectivity index (χ1) is 33.2. The van der Waals surface area contributed by atoms with Crippen molar-refractivity contribution in [2.45, 2.75) is 279 Å². The lowest BCUT2D eigenvalue weighted by Gasteiger charge is -2.43. The van der Waals surface area contributed by atoms with Gasteiger partial charge in [0.05, 0.1) is 74.3 Å². The van der Waals surface area contributed by atoms with E-state index in [1.54, 1.807) is 7.11 Å². The van der Waals surface area contributed by atoms with Crippen LogP contribution in [0.2, 0.25) is 54.4 Å². The van der Waals surface area contributed by atoms with Gasteiger partial charge in [0.15, 0.2) is 30.7 Å². The second-order valence-electron chi connectivity index (χ2n) is 22.4. The molecule has 8 rings (SSSR count). The molecule has 0 aliphatic carbocycles. The van der Waals surface area contributed by atoms with Crippen LogP contribution >= 0.6 is 0 Å². The van der Waals surface area contributed by atoms with Gasteiger partial charge in [-0.2, -0.15) is 0 Å². The second kappa shape index (κ2) is 24.5. The standard InChI is InChI=1S/C54H98O12Si3/c1-14-67(15-2,16-3)58-34-41(65-68(17-4,18-5)19-6)31-46-49(56-13)42(26-28-55)45(61-46)32-44-38(12)36(10)29-39(60-44)23-24-43-37(11)30-40(59-43)25-27-54-33-47-50(63-54)52-53(62-47)51(64-54)48(35-57-52)66-69(20-7,21-8)22-9/h36,39-53,55H,11-12,14-35H2,1-10,13H3/t36?,39?,40?,41?,42?,43-,44?,45?,46+,47?,48?,49+,50?,51-,52?,53?,54-/m0/s1. The summed E-state index contributed by atoms with van der Waals surface area (Å²) in [4.78, 5) is 0. The lowest BCUT2D eigenvalue weighted by Crippen LogP contribution is -2.58. The zero-order valence-electron chi connectivity index (χ0n) is 45.1. The highest BCUT2D eigenvalue weighted by molar-refractivity contribution is 6.74. The summed E-state index contributed by atoms with van der Waals surface area (Å²) in [6.45, 7) is 33.2. The van der Waals surface area contributed by atoms with Crippen molar-refractivity contribution in [3.8, 4) is 0 Å². The van der Waals surface area contributed by atoms with Gasteiger partial charge in [0.25, 0.3) is 0 Å². The Kier molecular flexibility index (Phi) is 20.1. The quantitative estimate of drug-likeness (QED) is 0.0567. The highest BCUT2D eigenvalue weighted by atomic mass is 28.4. The SMILES string of the molecule is C=C1C(C)CC(CC[C@@H]2OC(CC[C@@]34CC5OC6C(OCC(O[Si](CC)(CC)CC)[C@@H]6O3)C5O4)CC2=C)OC1CC1O[C@H](CC(CO[Si](CC)(CC)CC)O[Si](CC)(CC)CC)[C@H](OC)C1CCO. The molecule has 8 aliphatic heterocycles.